The van der Waals surface area contributed by atoms with E-state index in [1.165, 1.54) is 0 Å². The Morgan fingerprint density at radius 2 is 1.67 bits per heavy atom. The zero-order valence-electron chi connectivity index (χ0n) is 10.5. The molecule has 0 amide bonds. The van der Waals surface area contributed by atoms with Gasteiger partial charge in [-0.25, -0.2) is 0 Å². The van der Waals surface area contributed by atoms with Gasteiger partial charge in [-0.05, 0) is 24.3 Å². The molecule has 0 atom stereocenters. The van der Waals surface area contributed by atoms with Gasteiger partial charge in [0.1, 0.15) is 0 Å². The number of rotatable bonds is 5. The molecule has 0 unspecified atom stereocenters. The highest BCUT2D eigenvalue weighted by atomic mass is 35.5. The summed E-state index contributed by atoms with van der Waals surface area (Å²) >= 11 is 18.6. The van der Waals surface area contributed by atoms with Crippen molar-refractivity contribution >= 4 is 52.3 Å². The van der Waals surface area contributed by atoms with Crippen LogP contribution in [0, 0.1) is 0 Å². The molecule has 1 N–H and O–H groups in total. The van der Waals surface area contributed by atoms with Crippen LogP contribution >= 0.6 is 46.6 Å². The van der Waals surface area contributed by atoms with Crippen LogP contribution in [-0.4, -0.2) is 5.76 Å². The normalized spacial score (nSPS) is 11.0. The van der Waals surface area contributed by atoms with Crippen LogP contribution in [0.25, 0.3) is 0 Å². The lowest BCUT2D eigenvalue weighted by atomic mass is 10.2. The number of para-hydroxylation sites is 1. The second kappa shape index (κ2) is 7.54. The van der Waals surface area contributed by atoms with Crippen LogP contribution in [-0.2, 0) is 6.54 Å². The molecule has 0 heterocycles. The van der Waals surface area contributed by atoms with Gasteiger partial charge >= 0.3 is 0 Å². The average Bonchev–Trinajstić information content (AvgIpc) is 2.44. The summed E-state index contributed by atoms with van der Waals surface area (Å²) in [6.45, 7) is 0.291. The first-order chi connectivity index (χ1) is 9.99. The molecule has 0 saturated carbocycles. The molecule has 0 aliphatic rings. The van der Waals surface area contributed by atoms with Crippen molar-refractivity contribution in [2.24, 2.45) is 0 Å². The standard InChI is InChI=1S/C14H10Cl3F2NS/c15-9-5-6-10(16)13(17)8(9)7-20-11-3-1-2-4-12(11)21-14(18)19/h1-6,14,20H,7H2. The summed E-state index contributed by atoms with van der Waals surface area (Å²) in [5, 5.41) is 4.28. The third-order valence-corrected chi connectivity index (χ3v) is 4.68. The van der Waals surface area contributed by atoms with Crippen molar-refractivity contribution in [3.63, 3.8) is 0 Å². The van der Waals surface area contributed by atoms with Gasteiger partial charge in [0.05, 0.1) is 10.0 Å². The lowest BCUT2D eigenvalue weighted by Gasteiger charge is -2.13. The van der Waals surface area contributed by atoms with Gasteiger partial charge in [-0.1, -0.05) is 58.7 Å². The molecule has 0 saturated heterocycles. The van der Waals surface area contributed by atoms with Crippen LogP contribution in [0.15, 0.2) is 41.3 Å². The van der Waals surface area contributed by atoms with Crippen molar-refractivity contribution in [3.8, 4) is 0 Å². The van der Waals surface area contributed by atoms with Gasteiger partial charge in [0.15, 0.2) is 0 Å². The predicted octanol–water partition coefficient (Wildman–Crippen LogP) is 6.57. The largest absolute Gasteiger partial charge is 0.380 e. The Balaban J connectivity index is 2.19. The minimum Gasteiger partial charge on any atom is -0.380 e. The van der Waals surface area contributed by atoms with Crippen LogP contribution in [0.4, 0.5) is 14.5 Å². The zero-order chi connectivity index (χ0) is 15.4. The smallest absolute Gasteiger partial charge is 0.288 e. The van der Waals surface area contributed by atoms with Gasteiger partial charge < -0.3 is 5.32 Å². The third-order valence-electron chi connectivity index (χ3n) is 2.70. The quantitative estimate of drug-likeness (QED) is 0.473. The van der Waals surface area contributed by atoms with E-state index in [1.807, 2.05) is 0 Å². The highest BCUT2D eigenvalue weighted by Crippen LogP contribution is 2.34. The first-order valence-corrected chi connectivity index (χ1v) is 7.90. The molecule has 0 spiro atoms. The fourth-order valence-electron chi connectivity index (χ4n) is 1.73. The van der Waals surface area contributed by atoms with Crippen molar-refractivity contribution in [1.82, 2.24) is 0 Å². The minimum atomic E-state index is -2.48. The number of alkyl halides is 2. The summed E-state index contributed by atoms with van der Waals surface area (Å²) in [7, 11) is 0. The van der Waals surface area contributed by atoms with E-state index in [9.17, 15) is 8.78 Å². The summed E-state index contributed by atoms with van der Waals surface area (Å²) in [5.41, 5.74) is 1.22. The molecular formula is C14H10Cl3F2NS. The monoisotopic (exact) mass is 367 g/mol. The first-order valence-electron chi connectivity index (χ1n) is 5.89. The van der Waals surface area contributed by atoms with Gasteiger partial charge in [0.25, 0.3) is 5.76 Å². The predicted molar refractivity (Wildman–Crippen MR) is 87.1 cm³/mol. The molecule has 2 aromatic rings. The number of benzene rings is 2. The van der Waals surface area contributed by atoms with Crippen molar-refractivity contribution in [1.29, 1.82) is 0 Å². The van der Waals surface area contributed by atoms with E-state index in [4.69, 9.17) is 34.8 Å². The van der Waals surface area contributed by atoms with E-state index >= 15 is 0 Å². The van der Waals surface area contributed by atoms with Gasteiger partial charge in [0, 0.05) is 27.7 Å². The molecule has 0 aliphatic heterocycles. The van der Waals surface area contributed by atoms with Crippen LogP contribution in [0.3, 0.4) is 0 Å². The van der Waals surface area contributed by atoms with Crippen LogP contribution in [0.2, 0.25) is 15.1 Å². The summed E-state index contributed by atoms with van der Waals surface area (Å²) in [6, 6.07) is 10.1. The molecule has 1 nitrogen and oxygen atoms in total. The zero-order valence-corrected chi connectivity index (χ0v) is 13.6. The molecule has 2 rings (SSSR count). The molecule has 21 heavy (non-hydrogen) atoms. The average molecular weight is 369 g/mol. The Hall–Kier alpha value is -0.680. The van der Waals surface area contributed by atoms with E-state index in [2.05, 4.69) is 5.32 Å². The number of hydrogen-bond acceptors (Lipinski definition) is 2. The van der Waals surface area contributed by atoms with Crippen LogP contribution in [0.5, 0.6) is 0 Å². The van der Waals surface area contributed by atoms with Crippen molar-refractivity contribution in [3.05, 3.63) is 57.0 Å². The van der Waals surface area contributed by atoms with E-state index < -0.39 is 5.76 Å². The topological polar surface area (TPSA) is 12.0 Å². The second-order valence-electron chi connectivity index (χ2n) is 4.05. The number of halogens is 5. The number of nitrogens with one attached hydrogen (secondary N) is 1. The highest BCUT2D eigenvalue weighted by molar-refractivity contribution is 7.99. The Kier molecular flexibility index (Phi) is 5.99. The molecule has 2 aromatic carbocycles. The van der Waals surface area contributed by atoms with Gasteiger partial charge in [-0.15, -0.1) is 0 Å². The summed E-state index contributed by atoms with van der Waals surface area (Å²) in [6.07, 6.45) is 0. The van der Waals surface area contributed by atoms with Gasteiger partial charge in [0.2, 0.25) is 0 Å². The maximum absolute atomic E-state index is 12.5. The van der Waals surface area contributed by atoms with E-state index in [0.29, 0.717) is 49.5 Å². The molecule has 0 aliphatic carbocycles. The van der Waals surface area contributed by atoms with Crippen molar-refractivity contribution in [2.75, 3.05) is 5.32 Å². The third kappa shape index (κ3) is 4.39. The molecule has 112 valence electrons. The van der Waals surface area contributed by atoms with Gasteiger partial charge in [-0.3, -0.25) is 0 Å². The maximum atomic E-state index is 12.5. The molecule has 0 fully saturated rings. The Morgan fingerprint density at radius 1 is 1.00 bits per heavy atom. The van der Waals surface area contributed by atoms with Crippen molar-refractivity contribution in [2.45, 2.75) is 17.2 Å². The molecule has 0 bridgehead atoms. The fourth-order valence-corrected chi connectivity index (χ4v) is 3.02. The highest BCUT2D eigenvalue weighted by Gasteiger charge is 2.12. The minimum absolute atomic E-state index is 0.291. The summed E-state index contributed by atoms with van der Waals surface area (Å²) in [4.78, 5) is 0.460. The Bertz CT molecular complexity index is 638. The van der Waals surface area contributed by atoms with E-state index in [-0.39, 0.29) is 0 Å². The fraction of sp³-hybridized carbons (Fsp3) is 0.143. The van der Waals surface area contributed by atoms with Crippen LogP contribution in [0.1, 0.15) is 5.56 Å². The summed E-state index contributed by atoms with van der Waals surface area (Å²) in [5.74, 6) is -2.48. The lowest BCUT2D eigenvalue weighted by molar-refractivity contribution is 0.252. The van der Waals surface area contributed by atoms with Crippen molar-refractivity contribution < 1.29 is 8.78 Å². The second-order valence-corrected chi connectivity index (χ2v) is 6.27. The molecule has 0 radical (unpaired) electrons. The molecule has 0 aromatic heterocycles. The SMILES string of the molecule is FC(F)Sc1ccccc1NCc1c(Cl)ccc(Cl)c1Cl. The number of thioether (sulfide) groups is 1. The number of hydrogen-bond donors (Lipinski definition) is 1. The van der Waals surface area contributed by atoms with Crippen LogP contribution < -0.4 is 5.32 Å². The van der Waals surface area contributed by atoms with Gasteiger partial charge in [-0.2, -0.15) is 8.78 Å². The molecule has 7 heteroatoms. The van der Waals surface area contributed by atoms with E-state index in [1.54, 1.807) is 36.4 Å². The maximum Gasteiger partial charge on any atom is 0.288 e. The van der Waals surface area contributed by atoms with E-state index in [0.717, 1.165) is 0 Å². The first kappa shape index (κ1) is 16.7. The molecular weight excluding hydrogens is 359 g/mol. The summed E-state index contributed by atoms with van der Waals surface area (Å²) < 4.78 is 25.0. The number of anilines is 1. The Labute approximate surface area is 140 Å². The lowest BCUT2D eigenvalue weighted by Crippen LogP contribution is -2.02. The Morgan fingerprint density at radius 3 is 2.38 bits per heavy atom.